The SMILES string of the molecule is CC(C)=CCc1c(OS(=O)(=O)O)cc(O)c2c1OC(c1ccc(O)cc1)CC2=O. The quantitative estimate of drug-likeness (QED) is 0.495. The van der Waals surface area contributed by atoms with Crippen molar-refractivity contribution in [3.8, 4) is 23.0 Å². The van der Waals surface area contributed by atoms with Crippen LogP contribution in [-0.2, 0) is 16.8 Å². The smallest absolute Gasteiger partial charge is 0.446 e. The van der Waals surface area contributed by atoms with E-state index in [-0.39, 0.29) is 41.2 Å². The van der Waals surface area contributed by atoms with E-state index in [1.54, 1.807) is 18.2 Å². The van der Waals surface area contributed by atoms with Crippen LogP contribution in [0.4, 0.5) is 0 Å². The highest BCUT2D eigenvalue weighted by Crippen LogP contribution is 2.46. The molecule has 1 aliphatic rings. The van der Waals surface area contributed by atoms with Crippen molar-refractivity contribution in [3.63, 3.8) is 0 Å². The lowest BCUT2D eigenvalue weighted by Crippen LogP contribution is -2.22. The topological polar surface area (TPSA) is 130 Å². The standard InChI is InChI=1S/C20H20O8S/c1-11(2)3-8-14-18(28-29(24,25)26)10-16(23)19-15(22)9-17(27-20(14)19)12-4-6-13(21)7-5-12/h3-7,10,17,21,23H,8-9H2,1-2H3,(H,24,25,26). The molecule has 0 spiro atoms. The van der Waals surface area contributed by atoms with Crippen LogP contribution < -0.4 is 8.92 Å². The summed E-state index contributed by atoms with van der Waals surface area (Å²) in [5.74, 6) is -1.18. The first-order valence-electron chi connectivity index (χ1n) is 8.73. The number of hydrogen-bond acceptors (Lipinski definition) is 7. The second-order valence-electron chi connectivity index (χ2n) is 6.90. The minimum Gasteiger partial charge on any atom is -0.508 e. The maximum absolute atomic E-state index is 12.7. The first-order chi connectivity index (χ1) is 13.5. The van der Waals surface area contributed by atoms with E-state index in [0.29, 0.717) is 5.56 Å². The number of ketones is 1. The molecule has 29 heavy (non-hydrogen) atoms. The summed E-state index contributed by atoms with van der Waals surface area (Å²) < 4.78 is 42.2. The number of carbonyl (C=O) groups excluding carboxylic acids is 1. The molecule has 154 valence electrons. The van der Waals surface area contributed by atoms with Crippen molar-refractivity contribution in [1.29, 1.82) is 0 Å². The van der Waals surface area contributed by atoms with Gasteiger partial charge in [0.1, 0.15) is 28.9 Å². The number of fused-ring (bicyclic) bond motifs is 1. The van der Waals surface area contributed by atoms with Gasteiger partial charge in [-0.05, 0) is 38.0 Å². The zero-order valence-electron chi connectivity index (χ0n) is 15.7. The molecule has 1 unspecified atom stereocenters. The van der Waals surface area contributed by atoms with Gasteiger partial charge >= 0.3 is 10.4 Å². The minimum atomic E-state index is -4.87. The summed E-state index contributed by atoms with van der Waals surface area (Å²) >= 11 is 0. The van der Waals surface area contributed by atoms with Gasteiger partial charge in [0, 0.05) is 11.6 Å². The molecule has 8 nitrogen and oxygen atoms in total. The number of aromatic hydroxyl groups is 2. The van der Waals surface area contributed by atoms with Gasteiger partial charge in [0.05, 0.1) is 6.42 Å². The maximum atomic E-state index is 12.7. The number of Topliss-reactive ketones (excluding diaryl/α,β-unsaturated/α-hetero) is 1. The van der Waals surface area contributed by atoms with Crippen LogP contribution in [0.5, 0.6) is 23.0 Å². The van der Waals surface area contributed by atoms with Crippen LogP contribution >= 0.6 is 0 Å². The van der Waals surface area contributed by atoms with Crippen LogP contribution in [0.2, 0.25) is 0 Å². The van der Waals surface area contributed by atoms with Crippen LogP contribution in [-0.4, -0.2) is 29.0 Å². The largest absolute Gasteiger partial charge is 0.508 e. The van der Waals surface area contributed by atoms with Crippen LogP contribution in [0, 0.1) is 0 Å². The normalized spacial score (nSPS) is 16.0. The van der Waals surface area contributed by atoms with Gasteiger partial charge in [-0.25, -0.2) is 0 Å². The first-order valence-corrected chi connectivity index (χ1v) is 10.1. The van der Waals surface area contributed by atoms with E-state index in [0.717, 1.165) is 11.6 Å². The summed E-state index contributed by atoms with van der Waals surface area (Å²) in [5.41, 5.74) is 1.67. The highest BCUT2D eigenvalue weighted by molar-refractivity contribution is 7.81. The predicted molar refractivity (Wildman–Crippen MR) is 104 cm³/mol. The van der Waals surface area contributed by atoms with E-state index >= 15 is 0 Å². The molecule has 9 heteroatoms. The Morgan fingerprint density at radius 2 is 1.90 bits per heavy atom. The fraction of sp³-hybridized carbons (Fsp3) is 0.250. The van der Waals surface area contributed by atoms with Crippen molar-refractivity contribution in [3.05, 3.63) is 58.7 Å². The number of hydrogen-bond donors (Lipinski definition) is 3. The number of rotatable bonds is 5. The van der Waals surface area contributed by atoms with E-state index in [1.807, 2.05) is 13.8 Å². The van der Waals surface area contributed by atoms with E-state index in [2.05, 4.69) is 4.18 Å². The van der Waals surface area contributed by atoms with Crippen molar-refractivity contribution in [2.45, 2.75) is 32.8 Å². The van der Waals surface area contributed by atoms with Gasteiger partial charge in [-0.1, -0.05) is 23.8 Å². The van der Waals surface area contributed by atoms with Crippen LogP contribution in [0.1, 0.15) is 47.9 Å². The molecular weight excluding hydrogens is 400 g/mol. The number of benzene rings is 2. The lowest BCUT2D eigenvalue weighted by Gasteiger charge is -2.28. The van der Waals surface area contributed by atoms with E-state index in [4.69, 9.17) is 9.29 Å². The molecule has 3 rings (SSSR count). The molecule has 0 bridgehead atoms. The fourth-order valence-corrected chi connectivity index (χ4v) is 3.45. The number of phenols is 2. The van der Waals surface area contributed by atoms with Gasteiger partial charge in [-0.2, -0.15) is 8.42 Å². The van der Waals surface area contributed by atoms with Crippen molar-refractivity contribution in [2.24, 2.45) is 0 Å². The second kappa shape index (κ2) is 7.76. The molecule has 0 fully saturated rings. The van der Waals surface area contributed by atoms with Gasteiger partial charge in [0.15, 0.2) is 11.5 Å². The molecule has 0 amide bonds. The monoisotopic (exact) mass is 420 g/mol. The Kier molecular flexibility index (Phi) is 5.54. The van der Waals surface area contributed by atoms with Crippen molar-refractivity contribution >= 4 is 16.2 Å². The summed E-state index contributed by atoms with van der Waals surface area (Å²) in [6.45, 7) is 3.67. The van der Waals surface area contributed by atoms with Crippen LogP contribution in [0.3, 0.4) is 0 Å². The number of allylic oxidation sites excluding steroid dienone is 2. The average molecular weight is 420 g/mol. The second-order valence-corrected chi connectivity index (χ2v) is 7.92. The lowest BCUT2D eigenvalue weighted by atomic mass is 9.92. The highest BCUT2D eigenvalue weighted by atomic mass is 32.3. The molecule has 0 radical (unpaired) electrons. The van der Waals surface area contributed by atoms with Gasteiger partial charge < -0.3 is 19.1 Å². The van der Waals surface area contributed by atoms with E-state index in [1.165, 1.54) is 12.1 Å². The fourth-order valence-electron chi connectivity index (χ4n) is 3.08. The Labute approximate surface area is 168 Å². The lowest BCUT2D eigenvalue weighted by molar-refractivity contribution is 0.0843. The van der Waals surface area contributed by atoms with Crippen molar-refractivity contribution in [2.75, 3.05) is 0 Å². The van der Waals surface area contributed by atoms with Crippen LogP contribution in [0.25, 0.3) is 0 Å². The van der Waals surface area contributed by atoms with Gasteiger partial charge in [-0.15, -0.1) is 0 Å². The minimum absolute atomic E-state index is 0.00419. The molecule has 1 atom stereocenters. The number of ether oxygens (including phenoxy) is 1. The Hall–Kier alpha value is -3.04. The first kappa shape index (κ1) is 20.7. The zero-order valence-corrected chi connectivity index (χ0v) is 16.6. The van der Waals surface area contributed by atoms with Crippen molar-refractivity contribution < 1.29 is 36.9 Å². The molecular formula is C20H20O8S. The Bertz CT molecular complexity index is 1080. The van der Waals surface area contributed by atoms with Gasteiger partial charge in [0.2, 0.25) is 0 Å². The molecule has 2 aromatic carbocycles. The van der Waals surface area contributed by atoms with Crippen LogP contribution in [0.15, 0.2) is 42.0 Å². The highest BCUT2D eigenvalue weighted by Gasteiger charge is 2.34. The van der Waals surface area contributed by atoms with Gasteiger partial charge in [0.25, 0.3) is 0 Å². The summed E-state index contributed by atoms with van der Waals surface area (Å²) in [4.78, 5) is 12.7. The Balaban J connectivity index is 2.15. The Morgan fingerprint density at radius 3 is 2.48 bits per heavy atom. The third kappa shape index (κ3) is 4.69. The van der Waals surface area contributed by atoms with E-state index in [9.17, 15) is 23.4 Å². The van der Waals surface area contributed by atoms with E-state index < -0.39 is 28.0 Å². The average Bonchev–Trinajstić information content (AvgIpc) is 2.59. The van der Waals surface area contributed by atoms with Gasteiger partial charge in [-0.3, -0.25) is 9.35 Å². The molecule has 2 aromatic rings. The molecule has 0 saturated carbocycles. The summed E-state index contributed by atoms with van der Waals surface area (Å²) in [6, 6.07) is 7.10. The summed E-state index contributed by atoms with van der Waals surface area (Å²) in [7, 11) is -4.87. The zero-order chi connectivity index (χ0) is 21.3. The Morgan fingerprint density at radius 1 is 1.24 bits per heavy atom. The predicted octanol–water partition coefficient (Wildman–Crippen LogP) is 3.49. The molecule has 1 aliphatic heterocycles. The third-order valence-corrected chi connectivity index (χ3v) is 4.80. The summed E-state index contributed by atoms with van der Waals surface area (Å²) in [6.07, 6.45) is 1.15. The summed E-state index contributed by atoms with van der Waals surface area (Å²) in [5, 5.41) is 19.8. The third-order valence-electron chi connectivity index (χ3n) is 4.41. The molecule has 0 saturated heterocycles. The molecule has 0 aliphatic carbocycles. The molecule has 0 aromatic heterocycles. The number of phenolic OH excluding ortho intramolecular Hbond substituents is 2. The molecule has 1 heterocycles. The number of carbonyl (C=O) groups is 1. The van der Waals surface area contributed by atoms with Crippen molar-refractivity contribution in [1.82, 2.24) is 0 Å². The maximum Gasteiger partial charge on any atom is 0.446 e. The molecule has 3 N–H and O–H groups in total.